The van der Waals surface area contributed by atoms with E-state index in [-0.39, 0.29) is 6.08 Å². The second-order valence-electron chi connectivity index (χ2n) is 2.65. The lowest BCUT2D eigenvalue weighted by molar-refractivity contribution is -0.322. The maximum Gasteiger partial charge on any atom is 0.435 e. The van der Waals surface area contributed by atoms with Gasteiger partial charge in [-0.15, -0.1) is 0 Å². The monoisotopic (exact) mass is 238 g/mol. The average molecular weight is 238 g/mol. The van der Waals surface area contributed by atoms with Gasteiger partial charge in [-0.3, -0.25) is 4.79 Å². The largest absolute Gasteiger partial charge is 0.435 e. The molecule has 0 radical (unpaired) electrons. The van der Waals surface area contributed by atoms with Gasteiger partial charge in [-0.2, -0.15) is 26.3 Å². The van der Waals surface area contributed by atoms with Crippen LogP contribution in [0.1, 0.15) is 6.92 Å². The highest BCUT2D eigenvalue weighted by Gasteiger charge is 2.71. The minimum atomic E-state index is -6.16. The van der Waals surface area contributed by atoms with Crippen molar-refractivity contribution in [2.75, 3.05) is 0 Å². The van der Waals surface area contributed by atoms with Gasteiger partial charge in [0.25, 0.3) is 0 Å². The van der Waals surface area contributed by atoms with Crippen molar-refractivity contribution in [1.82, 2.24) is 0 Å². The van der Waals surface area contributed by atoms with Gasteiger partial charge >= 0.3 is 18.0 Å². The molecule has 0 aromatic heterocycles. The van der Waals surface area contributed by atoms with Gasteiger partial charge in [0.05, 0.1) is 0 Å². The molecule has 0 aromatic carbocycles. The third-order valence-corrected chi connectivity index (χ3v) is 1.37. The number of allylic oxidation sites excluding steroid dienone is 2. The maximum absolute atomic E-state index is 12.7. The van der Waals surface area contributed by atoms with E-state index in [1.165, 1.54) is 0 Å². The van der Waals surface area contributed by atoms with Crippen molar-refractivity contribution in [3.8, 4) is 0 Å². The summed E-state index contributed by atoms with van der Waals surface area (Å²) in [5, 5.41) is 0. The van der Waals surface area contributed by atoms with Crippen LogP contribution < -0.4 is 0 Å². The highest BCUT2D eigenvalue weighted by molar-refractivity contribution is 5.87. The molecule has 0 saturated carbocycles. The van der Waals surface area contributed by atoms with E-state index in [1.54, 1.807) is 0 Å². The Labute approximate surface area is 79.6 Å². The van der Waals surface area contributed by atoms with Crippen LogP contribution in [0.4, 0.5) is 30.7 Å². The molecule has 1 nitrogen and oxygen atoms in total. The minimum Gasteiger partial charge on any atom is -0.295 e. The molecule has 0 heterocycles. The first-order chi connectivity index (χ1) is 6.42. The van der Waals surface area contributed by atoms with Crippen molar-refractivity contribution >= 4 is 5.78 Å². The van der Waals surface area contributed by atoms with Crippen molar-refractivity contribution in [1.29, 1.82) is 0 Å². The molecule has 0 aliphatic rings. The molecule has 0 spiro atoms. The zero-order chi connectivity index (χ0) is 12.5. The zero-order valence-corrected chi connectivity index (χ0v) is 7.21. The number of carbonyl (C=O) groups excluding carboxylic acids is 1. The number of rotatable bonds is 2. The minimum absolute atomic E-state index is 0.110. The van der Waals surface area contributed by atoms with Crippen LogP contribution in [0.3, 0.4) is 0 Å². The molecule has 0 aromatic rings. The Bertz CT molecular complexity index is 258. The molecular weight excluding hydrogens is 233 g/mol. The summed E-state index contributed by atoms with van der Waals surface area (Å²) in [5.41, 5.74) is -5.49. The van der Waals surface area contributed by atoms with E-state index >= 15 is 0 Å². The molecule has 0 unspecified atom stereocenters. The molecule has 0 atom stereocenters. The van der Waals surface area contributed by atoms with Crippen LogP contribution in [-0.2, 0) is 4.79 Å². The van der Waals surface area contributed by atoms with E-state index in [2.05, 4.69) is 0 Å². The van der Waals surface area contributed by atoms with Crippen molar-refractivity contribution in [3.05, 3.63) is 12.2 Å². The normalized spacial score (nSPS) is 14.7. The van der Waals surface area contributed by atoms with E-state index in [0.717, 1.165) is 0 Å². The van der Waals surface area contributed by atoms with Crippen LogP contribution in [-0.4, -0.2) is 23.8 Å². The van der Waals surface area contributed by atoms with Gasteiger partial charge in [0, 0.05) is 0 Å². The van der Waals surface area contributed by atoms with Crippen LogP contribution in [0, 0.1) is 0 Å². The molecule has 88 valence electrons. The number of halogens is 7. The molecule has 0 rings (SSSR count). The van der Waals surface area contributed by atoms with Crippen LogP contribution in [0.15, 0.2) is 12.2 Å². The number of hydrogen-bond acceptors (Lipinski definition) is 1. The first-order valence-corrected chi connectivity index (χ1v) is 3.44. The Morgan fingerprint density at radius 3 is 1.47 bits per heavy atom. The van der Waals surface area contributed by atoms with Gasteiger partial charge < -0.3 is 0 Å². The standard InChI is InChI=1S/C7H5F7O/c1-4(15)2-3-5(8,6(9,10)11)7(12,13)14/h2-3H,1H3/b3-2+. The second kappa shape index (κ2) is 3.82. The molecule has 8 heteroatoms. The summed E-state index contributed by atoms with van der Waals surface area (Å²) in [5.74, 6) is -1.12. The molecular formula is C7H5F7O. The van der Waals surface area contributed by atoms with Gasteiger partial charge in [-0.1, -0.05) is 0 Å². The first-order valence-electron chi connectivity index (χ1n) is 3.44. The third kappa shape index (κ3) is 2.93. The average Bonchev–Trinajstić information content (AvgIpc) is 1.95. The summed E-state index contributed by atoms with van der Waals surface area (Å²) in [6, 6.07) is 0. The number of ketones is 1. The summed E-state index contributed by atoms with van der Waals surface area (Å²) in [6.07, 6.45) is -13.3. The van der Waals surface area contributed by atoms with Crippen molar-refractivity contribution in [2.45, 2.75) is 24.9 Å². The summed E-state index contributed by atoms with van der Waals surface area (Å²) in [6.45, 7) is 0.698. The molecule has 0 N–H and O–H groups in total. The highest BCUT2D eigenvalue weighted by Crippen LogP contribution is 2.47. The fraction of sp³-hybridized carbons (Fsp3) is 0.571. The lowest BCUT2D eigenvalue weighted by atomic mass is 10.0. The van der Waals surface area contributed by atoms with Crippen molar-refractivity contribution in [2.24, 2.45) is 0 Å². The van der Waals surface area contributed by atoms with E-state index < -0.39 is 29.9 Å². The van der Waals surface area contributed by atoms with Crippen LogP contribution >= 0.6 is 0 Å². The Balaban J connectivity index is 5.34. The maximum atomic E-state index is 12.7. The lowest BCUT2D eigenvalue weighted by Crippen LogP contribution is -2.51. The summed E-state index contributed by atoms with van der Waals surface area (Å²) in [7, 11) is 0. The van der Waals surface area contributed by atoms with E-state index in [4.69, 9.17) is 0 Å². The molecule has 0 fully saturated rings. The molecule has 0 aliphatic carbocycles. The Morgan fingerprint density at radius 2 is 1.27 bits per heavy atom. The highest BCUT2D eigenvalue weighted by atomic mass is 19.4. The Morgan fingerprint density at radius 1 is 0.933 bits per heavy atom. The molecule has 0 bridgehead atoms. The van der Waals surface area contributed by atoms with E-state index in [0.29, 0.717) is 6.92 Å². The Kier molecular flexibility index (Phi) is 3.55. The predicted molar refractivity (Wildman–Crippen MR) is 35.8 cm³/mol. The Hall–Kier alpha value is -1.08. The quantitative estimate of drug-likeness (QED) is 0.534. The van der Waals surface area contributed by atoms with Crippen LogP contribution in [0.25, 0.3) is 0 Å². The number of carbonyl (C=O) groups is 1. The van der Waals surface area contributed by atoms with E-state index in [1.807, 2.05) is 0 Å². The van der Waals surface area contributed by atoms with Crippen LogP contribution in [0.5, 0.6) is 0 Å². The van der Waals surface area contributed by atoms with Gasteiger partial charge in [-0.05, 0) is 19.1 Å². The fourth-order valence-corrected chi connectivity index (χ4v) is 0.582. The SMILES string of the molecule is CC(=O)/C=C/C(F)(C(F)(F)F)C(F)(F)F. The molecule has 15 heavy (non-hydrogen) atoms. The van der Waals surface area contributed by atoms with Gasteiger partial charge in [0.15, 0.2) is 5.78 Å². The van der Waals surface area contributed by atoms with Crippen LogP contribution in [0.2, 0.25) is 0 Å². The van der Waals surface area contributed by atoms with Crippen molar-refractivity contribution < 1.29 is 35.5 Å². The summed E-state index contributed by atoms with van der Waals surface area (Å²) < 4.78 is 83.4. The summed E-state index contributed by atoms with van der Waals surface area (Å²) in [4.78, 5) is 10.2. The first kappa shape index (κ1) is 13.9. The predicted octanol–water partition coefficient (Wildman–Crippen LogP) is 2.96. The van der Waals surface area contributed by atoms with Gasteiger partial charge in [0.2, 0.25) is 0 Å². The fourth-order valence-electron chi connectivity index (χ4n) is 0.582. The number of hydrogen-bond donors (Lipinski definition) is 0. The van der Waals surface area contributed by atoms with E-state index in [9.17, 15) is 35.5 Å². The second-order valence-corrected chi connectivity index (χ2v) is 2.65. The van der Waals surface area contributed by atoms with Gasteiger partial charge in [-0.25, -0.2) is 4.39 Å². The zero-order valence-electron chi connectivity index (χ0n) is 7.21. The van der Waals surface area contributed by atoms with Gasteiger partial charge in [0.1, 0.15) is 0 Å². The molecule has 0 saturated heterocycles. The smallest absolute Gasteiger partial charge is 0.295 e. The van der Waals surface area contributed by atoms with Crippen molar-refractivity contribution in [3.63, 3.8) is 0 Å². The third-order valence-electron chi connectivity index (χ3n) is 1.37. The molecule has 0 amide bonds. The lowest BCUT2D eigenvalue weighted by Gasteiger charge is -2.26. The molecule has 0 aliphatic heterocycles. The topological polar surface area (TPSA) is 17.1 Å². The summed E-state index contributed by atoms with van der Waals surface area (Å²) >= 11 is 0. The number of alkyl halides is 7.